The Morgan fingerprint density at radius 1 is 0.739 bits per heavy atom. The second-order valence-electron chi connectivity index (χ2n) is 6.80. The van der Waals surface area contributed by atoms with E-state index in [1.807, 2.05) is 0 Å². The van der Waals surface area contributed by atoms with Crippen LogP contribution in [-0.4, -0.2) is 5.11 Å². The number of nitrogens with two attached hydrogens (primary N) is 1. The van der Waals surface area contributed by atoms with Crippen LogP contribution in [0.15, 0.2) is 12.1 Å². The maximum Gasteiger partial charge on any atom is 0.121 e. The van der Waals surface area contributed by atoms with Gasteiger partial charge in [0.25, 0.3) is 0 Å². The Kier molecular flexibility index (Phi) is 10.8. The molecule has 0 heterocycles. The number of aryl methyl sites for hydroxylation is 2. The first-order valence-electron chi connectivity index (χ1n) is 9.76. The van der Waals surface area contributed by atoms with E-state index in [1.165, 1.54) is 51.4 Å². The first-order chi connectivity index (χ1) is 11.2. The highest BCUT2D eigenvalue weighted by Gasteiger charge is 2.09. The van der Waals surface area contributed by atoms with Crippen molar-refractivity contribution in [3.8, 4) is 5.75 Å². The van der Waals surface area contributed by atoms with Gasteiger partial charge in [0.2, 0.25) is 0 Å². The summed E-state index contributed by atoms with van der Waals surface area (Å²) in [5.74, 6) is 0.535. The number of rotatable bonds is 13. The molecule has 0 unspecified atom stereocenters. The first-order valence-corrected chi connectivity index (χ1v) is 9.76. The number of hydrogen-bond donors (Lipinski definition) is 2. The van der Waals surface area contributed by atoms with Crippen LogP contribution in [-0.2, 0) is 19.4 Å². The van der Waals surface area contributed by atoms with Crippen LogP contribution in [0.5, 0.6) is 5.75 Å². The SMILES string of the molecule is CCCCCCCc1cc(CN)cc(CCCCCCC)c1O. The highest BCUT2D eigenvalue weighted by molar-refractivity contribution is 5.44. The van der Waals surface area contributed by atoms with Crippen molar-refractivity contribution in [1.29, 1.82) is 0 Å². The fourth-order valence-corrected chi connectivity index (χ4v) is 3.17. The van der Waals surface area contributed by atoms with Crippen LogP contribution in [0.4, 0.5) is 0 Å². The van der Waals surface area contributed by atoms with E-state index in [4.69, 9.17) is 5.73 Å². The number of unbranched alkanes of at least 4 members (excludes halogenated alkanes) is 8. The number of phenols is 1. The standard InChI is InChI=1S/C21H37NO/c1-3-5-7-9-11-13-19-15-18(17-22)16-20(21(19)23)14-12-10-8-6-4-2/h15-16,23H,3-14,17,22H2,1-2H3. The lowest BCUT2D eigenvalue weighted by Gasteiger charge is -2.13. The molecule has 0 saturated carbocycles. The van der Waals surface area contributed by atoms with E-state index < -0.39 is 0 Å². The molecular formula is C21H37NO. The lowest BCUT2D eigenvalue weighted by Crippen LogP contribution is -2.01. The lowest BCUT2D eigenvalue weighted by molar-refractivity contribution is 0.456. The van der Waals surface area contributed by atoms with Crippen molar-refractivity contribution in [3.63, 3.8) is 0 Å². The van der Waals surface area contributed by atoms with Crippen molar-refractivity contribution in [2.24, 2.45) is 5.73 Å². The summed E-state index contributed by atoms with van der Waals surface area (Å²) in [4.78, 5) is 0. The summed E-state index contributed by atoms with van der Waals surface area (Å²) in [5.41, 5.74) is 9.22. The average molecular weight is 320 g/mol. The van der Waals surface area contributed by atoms with Crippen LogP contribution in [0.2, 0.25) is 0 Å². The topological polar surface area (TPSA) is 46.2 Å². The van der Waals surface area contributed by atoms with Crippen molar-refractivity contribution < 1.29 is 5.11 Å². The lowest BCUT2D eigenvalue weighted by atomic mass is 9.96. The number of phenolic OH excluding ortho intramolecular Hbond substituents is 1. The van der Waals surface area contributed by atoms with Crippen molar-refractivity contribution >= 4 is 0 Å². The van der Waals surface area contributed by atoms with E-state index in [-0.39, 0.29) is 0 Å². The van der Waals surface area contributed by atoms with Gasteiger partial charge in [-0.2, -0.15) is 0 Å². The van der Waals surface area contributed by atoms with Gasteiger partial charge in [0, 0.05) is 6.54 Å². The molecule has 0 radical (unpaired) electrons. The Morgan fingerprint density at radius 3 is 1.57 bits per heavy atom. The van der Waals surface area contributed by atoms with Gasteiger partial charge >= 0.3 is 0 Å². The largest absolute Gasteiger partial charge is 0.507 e. The second kappa shape index (κ2) is 12.4. The maximum absolute atomic E-state index is 10.6. The average Bonchev–Trinajstić information content (AvgIpc) is 2.57. The Bertz CT molecular complexity index is 393. The molecule has 1 aromatic rings. The molecule has 1 aromatic carbocycles. The zero-order chi connectivity index (χ0) is 16.9. The van der Waals surface area contributed by atoms with E-state index in [0.29, 0.717) is 12.3 Å². The molecule has 0 spiro atoms. The van der Waals surface area contributed by atoms with Gasteiger partial charge in [-0.1, -0.05) is 77.3 Å². The minimum absolute atomic E-state index is 0.535. The predicted molar refractivity (Wildman–Crippen MR) is 101 cm³/mol. The van der Waals surface area contributed by atoms with Crippen LogP contribution >= 0.6 is 0 Å². The van der Waals surface area contributed by atoms with Crippen molar-refractivity contribution in [2.75, 3.05) is 0 Å². The summed E-state index contributed by atoms with van der Waals surface area (Å²) in [6.07, 6.45) is 14.6. The molecule has 0 atom stereocenters. The molecule has 0 amide bonds. The van der Waals surface area contributed by atoms with Crippen molar-refractivity contribution in [3.05, 3.63) is 28.8 Å². The molecule has 0 fully saturated rings. The molecule has 2 nitrogen and oxygen atoms in total. The minimum atomic E-state index is 0.535. The molecule has 0 saturated heterocycles. The molecule has 3 N–H and O–H groups in total. The van der Waals surface area contributed by atoms with Gasteiger partial charge in [0.15, 0.2) is 0 Å². The third-order valence-corrected chi connectivity index (χ3v) is 4.66. The zero-order valence-electron chi connectivity index (χ0n) is 15.4. The molecule has 132 valence electrons. The zero-order valence-corrected chi connectivity index (χ0v) is 15.4. The number of aromatic hydroxyl groups is 1. The molecular weight excluding hydrogens is 282 g/mol. The molecule has 0 aliphatic heterocycles. The highest BCUT2D eigenvalue weighted by atomic mass is 16.3. The molecule has 23 heavy (non-hydrogen) atoms. The molecule has 0 aliphatic rings. The van der Waals surface area contributed by atoms with E-state index in [9.17, 15) is 5.11 Å². The maximum atomic E-state index is 10.6. The summed E-state index contributed by atoms with van der Waals surface area (Å²) in [6.45, 7) is 5.04. The van der Waals surface area contributed by atoms with Gasteiger partial charge in [0.1, 0.15) is 5.75 Å². The molecule has 1 rings (SSSR count). The van der Waals surface area contributed by atoms with Gasteiger partial charge in [-0.15, -0.1) is 0 Å². The van der Waals surface area contributed by atoms with Crippen LogP contribution in [0.3, 0.4) is 0 Å². The van der Waals surface area contributed by atoms with Gasteiger partial charge in [-0.3, -0.25) is 0 Å². The van der Waals surface area contributed by atoms with Crippen molar-refractivity contribution in [1.82, 2.24) is 0 Å². The normalized spacial score (nSPS) is 11.1. The summed E-state index contributed by atoms with van der Waals surface area (Å²) in [6, 6.07) is 4.21. The third kappa shape index (κ3) is 7.87. The van der Waals surface area contributed by atoms with E-state index in [1.54, 1.807) is 0 Å². The fraction of sp³-hybridized carbons (Fsp3) is 0.714. The third-order valence-electron chi connectivity index (χ3n) is 4.66. The first kappa shape index (κ1) is 20.0. The number of hydrogen-bond acceptors (Lipinski definition) is 2. The van der Waals surface area contributed by atoms with Gasteiger partial charge in [-0.25, -0.2) is 0 Å². The monoisotopic (exact) mass is 319 g/mol. The summed E-state index contributed by atoms with van der Waals surface area (Å²) in [7, 11) is 0. The molecule has 0 bridgehead atoms. The smallest absolute Gasteiger partial charge is 0.121 e. The fourth-order valence-electron chi connectivity index (χ4n) is 3.17. The van der Waals surface area contributed by atoms with Crippen LogP contribution in [0.25, 0.3) is 0 Å². The summed E-state index contributed by atoms with van der Waals surface area (Å²) in [5, 5.41) is 10.6. The van der Waals surface area contributed by atoms with Crippen LogP contribution < -0.4 is 5.73 Å². The quantitative estimate of drug-likeness (QED) is 0.446. The Labute approximate surface area is 143 Å². The molecule has 0 aromatic heterocycles. The molecule has 2 heteroatoms. The van der Waals surface area contributed by atoms with Gasteiger partial charge in [-0.05, 0) is 42.4 Å². The number of benzene rings is 1. The van der Waals surface area contributed by atoms with Crippen molar-refractivity contribution in [2.45, 2.75) is 97.4 Å². The van der Waals surface area contributed by atoms with E-state index >= 15 is 0 Å². The Balaban J connectivity index is 2.57. The van der Waals surface area contributed by atoms with Crippen LogP contribution in [0, 0.1) is 0 Å². The highest BCUT2D eigenvalue weighted by Crippen LogP contribution is 2.28. The van der Waals surface area contributed by atoms with Gasteiger partial charge in [0.05, 0.1) is 0 Å². The van der Waals surface area contributed by atoms with Gasteiger partial charge < -0.3 is 10.8 Å². The predicted octanol–water partition coefficient (Wildman–Crippen LogP) is 5.88. The minimum Gasteiger partial charge on any atom is -0.507 e. The van der Waals surface area contributed by atoms with E-state index in [0.717, 1.165) is 42.4 Å². The Morgan fingerprint density at radius 2 is 1.17 bits per heavy atom. The Hall–Kier alpha value is -1.02. The second-order valence-corrected chi connectivity index (χ2v) is 6.80. The summed E-state index contributed by atoms with van der Waals surface area (Å²) < 4.78 is 0. The summed E-state index contributed by atoms with van der Waals surface area (Å²) >= 11 is 0. The van der Waals surface area contributed by atoms with E-state index in [2.05, 4.69) is 26.0 Å². The van der Waals surface area contributed by atoms with Crippen LogP contribution in [0.1, 0.15) is 94.7 Å². The molecule has 0 aliphatic carbocycles.